The minimum absolute atomic E-state index is 0. The molecule has 1 aliphatic carbocycles. The summed E-state index contributed by atoms with van der Waals surface area (Å²) in [6, 6.07) is 0. The highest BCUT2D eigenvalue weighted by atomic mass is 35.5. The molecule has 0 amide bonds. The summed E-state index contributed by atoms with van der Waals surface area (Å²) in [6.45, 7) is 0.683. The molecule has 1 N–H and O–H groups in total. The van der Waals surface area contributed by atoms with E-state index in [9.17, 15) is 4.79 Å². The van der Waals surface area contributed by atoms with Gasteiger partial charge in [-0.05, 0) is 26.9 Å². The SMILES string of the molecule is CN(C)CC1(C(=O)O)CC1.Cl. The predicted octanol–water partition coefficient (Wildman–Crippen LogP) is 0.835. The summed E-state index contributed by atoms with van der Waals surface area (Å²) in [6.07, 6.45) is 1.70. The smallest absolute Gasteiger partial charge is 0.310 e. The van der Waals surface area contributed by atoms with E-state index in [1.54, 1.807) is 0 Å². The molecule has 0 aromatic heterocycles. The number of carboxylic acids is 1. The first-order valence-electron chi connectivity index (χ1n) is 3.45. The molecule has 0 heterocycles. The average molecular weight is 180 g/mol. The Labute approximate surface area is 72.8 Å². The van der Waals surface area contributed by atoms with E-state index in [1.165, 1.54) is 0 Å². The van der Waals surface area contributed by atoms with Gasteiger partial charge in [0.25, 0.3) is 0 Å². The number of nitrogens with zero attached hydrogens (tertiary/aromatic N) is 1. The molecule has 0 bridgehead atoms. The molecule has 1 aliphatic rings. The van der Waals surface area contributed by atoms with Crippen LogP contribution in [0.25, 0.3) is 0 Å². The molecule has 0 radical (unpaired) electrons. The van der Waals surface area contributed by atoms with Crippen molar-refractivity contribution in [2.24, 2.45) is 5.41 Å². The topological polar surface area (TPSA) is 40.5 Å². The van der Waals surface area contributed by atoms with E-state index in [0.29, 0.717) is 6.54 Å². The van der Waals surface area contributed by atoms with Crippen LogP contribution >= 0.6 is 12.4 Å². The molecule has 3 nitrogen and oxygen atoms in total. The van der Waals surface area contributed by atoms with E-state index in [0.717, 1.165) is 12.8 Å². The van der Waals surface area contributed by atoms with Gasteiger partial charge in [0.05, 0.1) is 5.41 Å². The van der Waals surface area contributed by atoms with Crippen LogP contribution in [0.2, 0.25) is 0 Å². The van der Waals surface area contributed by atoms with E-state index in [4.69, 9.17) is 5.11 Å². The fraction of sp³-hybridized carbons (Fsp3) is 0.857. The Bertz CT molecular complexity index is 155. The Morgan fingerprint density at radius 3 is 2.09 bits per heavy atom. The lowest BCUT2D eigenvalue weighted by molar-refractivity contribution is -0.143. The van der Waals surface area contributed by atoms with Crippen molar-refractivity contribution in [3.05, 3.63) is 0 Å². The molecule has 0 atom stereocenters. The van der Waals surface area contributed by atoms with Crippen LogP contribution in [0.1, 0.15) is 12.8 Å². The molecular weight excluding hydrogens is 166 g/mol. The van der Waals surface area contributed by atoms with Gasteiger partial charge >= 0.3 is 5.97 Å². The van der Waals surface area contributed by atoms with Crippen molar-refractivity contribution < 1.29 is 9.90 Å². The lowest BCUT2D eigenvalue weighted by atomic mass is 10.1. The van der Waals surface area contributed by atoms with E-state index < -0.39 is 5.97 Å². The van der Waals surface area contributed by atoms with Gasteiger partial charge in [-0.3, -0.25) is 4.79 Å². The molecule has 0 saturated heterocycles. The third-order valence-corrected chi connectivity index (χ3v) is 1.93. The molecule has 0 aliphatic heterocycles. The maximum Gasteiger partial charge on any atom is 0.310 e. The monoisotopic (exact) mass is 179 g/mol. The number of carbonyl (C=O) groups is 1. The minimum atomic E-state index is -0.638. The highest BCUT2D eigenvalue weighted by Crippen LogP contribution is 2.46. The summed E-state index contributed by atoms with van der Waals surface area (Å²) in [5.41, 5.74) is -0.385. The Kier molecular flexibility index (Phi) is 3.32. The second-order valence-corrected chi connectivity index (χ2v) is 3.32. The van der Waals surface area contributed by atoms with Gasteiger partial charge in [0, 0.05) is 6.54 Å². The van der Waals surface area contributed by atoms with Crippen LogP contribution in [0.4, 0.5) is 0 Å². The van der Waals surface area contributed by atoms with Crippen molar-refractivity contribution in [2.75, 3.05) is 20.6 Å². The van der Waals surface area contributed by atoms with Gasteiger partial charge < -0.3 is 10.0 Å². The molecule has 0 aromatic rings. The third kappa shape index (κ3) is 2.34. The maximum absolute atomic E-state index is 10.6. The summed E-state index contributed by atoms with van der Waals surface area (Å²) in [7, 11) is 3.81. The molecular formula is C7H14ClNO2. The third-order valence-electron chi connectivity index (χ3n) is 1.93. The van der Waals surface area contributed by atoms with Crippen LogP contribution in [-0.2, 0) is 4.79 Å². The van der Waals surface area contributed by atoms with Crippen molar-refractivity contribution in [1.82, 2.24) is 4.90 Å². The van der Waals surface area contributed by atoms with E-state index in [1.807, 2.05) is 19.0 Å². The Balaban J connectivity index is 0.000001000. The van der Waals surface area contributed by atoms with E-state index in [2.05, 4.69) is 0 Å². The molecule has 1 saturated carbocycles. The van der Waals surface area contributed by atoms with Gasteiger partial charge in [-0.15, -0.1) is 12.4 Å². The molecule has 4 heteroatoms. The summed E-state index contributed by atoms with van der Waals surface area (Å²) in [5.74, 6) is -0.638. The summed E-state index contributed by atoms with van der Waals surface area (Å²) in [5, 5.41) is 8.73. The predicted molar refractivity (Wildman–Crippen MR) is 45.1 cm³/mol. The highest BCUT2D eigenvalue weighted by Gasteiger charge is 2.50. The van der Waals surface area contributed by atoms with Gasteiger partial charge in [0.2, 0.25) is 0 Å². The second-order valence-electron chi connectivity index (χ2n) is 3.32. The number of halogens is 1. The molecule has 0 spiro atoms. The van der Waals surface area contributed by atoms with Crippen molar-refractivity contribution in [3.63, 3.8) is 0 Å². The molecule has 0 aromatic carbocycles. The van der Waals surface area contributed by atoms with Crippen molar-refractivity contribution in [1.29, 1.82) is 0 Å². The number of hydrogen-bond donors (Lipinski definition) is 1. The van der Waals surface area contributed by atoms with Crippen molar-refractivity contribution in [3.8, 4) is 0 Å². The van der Waals surface area contributed by atoms with Gasteiger partial charge in [-0.1, -0.05) is 0 Å². The normalized spacial score (nSPS) is 19.2. The Hall–Kier alpha value is -0.280. The first kappa shape index (κ1) is 10.7. The molecule has 11 heavy (non-hydrogen) atoms. The van der Waals surface area contributed by atoms with Gasteiger partial charge in [0.1, 0.15) is 0 Å². The molecule has 0 unspecified atom stereocenters. The van der Waals surface area contributed by atoms with E-state index in [-0.39, 0.29) is 17.8 Å². The van der Waals surface area contributed by atoms with Crippen LogP contribution in [0.15, 0.2) is 0 Å². The first-order valence-corrected chi connectivity index (χ1v) is 3.45. The standard InChI is InChI=1S/C7H13NO2.ClH/c1-8(2)5-7(3-4-7)6(9)10;/h3-5H2,1-2H3,(H,9,10);1H. The Morgan fingerprint density at radius 2 is 2.00 bits per heavy atom. The van der Waals surface area contributed by atoms with Crippen LogP contribution in [0.5, 0.6) is 0 Å². The maximum atomic E-state index is 10.6. The average Bonchev–Trinajstić information content (AvgIpc) is 2.46. The molecule has 1 rings (SSSR count). The largest absolute Gasteiger partial charge is 0.481 e. The fourth-order valence-electron chi connectivity index (χ4n) is 1.20. The van der Waals surface area contributed by atoms with Crippen LogP contribution < -0.4 is 0 Å². The van der Waals surface area contributed by atoms with E-state index >= 15 is 0 Å². The zero-order valence-corrected chi connectivity index (χ0v) is 7.65. The van der Waals surface area contributed by atoms with Crippen molar-refractivity contribution in [2.45, 2.75) is 12.8 Å². The first-order chi connectivity index (χ1) is 4.57. The summed E-state index contributed by atoms with van der Waals surface area (Å²) < 4.78 is 0. The van der Waals surface area contributed by atoms with Gasteiger partial charge in [-0.2, -0.15) is 0 Å². The van der Waals surface area contributed by atoms with Gasteiger partial charge in [-0.25, -0.2) is 0 Å². The lowest BCUT2D eigenvalue weighted by Crippen LogP contribution is -2.28. The molecule has 1 fully saturated rings. The molecule has 66 valence electrons. The van der Waals surface area contributed by atoms with Crippen LogP contribution in [0.3, 0.4) is 0 Å². The van der Waals surface area contributed by atoms with Crippen molar-refractivity contribution >= 4 is 18.4 Å². The second kappa shape index (κ2) is 3.41. The number of hydrogen-bond acceptors (Lipinski definition) is 2. The quantitative estimate of drug-likeness (QED) is 0.698. The van der Waals surface area contributed by atoms with Crippen LogP contribution in [0, 0.1) is 5.41 Å². The zero-order chi connectivity index (χ0) is 7.78. The number of carboxylic acid groups (broad SMARTS) is 1. The lowest BCUT2D eigenvalue weighted by Gasteiger charge is -2.14. The number of aliphatic carboxylic acids is 1. The summed E-state index contributed by atoms with van der Waals surface area (Å²) >= 11 is 0. The minimum Gasteiger partial charge on any atom is -0.481 e. The number of rotatable bonds is 3. The Morgan fingerprint density at radius 1 is 1.55 bits per heavy atom. The fourth-order valence-corrected chi connectivity index (χ4v) is 1.20. The summed E-state index contributed by atoms with van der Waals surface area (Å²) in [4.78, 5) is 12.5. The zero-order valence-electron chi connectivity index (χ0n) is 6.83. The highest BCUT2D eigenvalue weighted by molar-refractivity contribution is 5.85. The van der Waals surface area contributed by atoms with Crippen LogP contribution in [-0.4, -0.2) is 36.6 Å². The van der Waals surface area contributed by atoms with Gasteiger partial charge in [0.15, 0.2) is 0 Å².